The van der Waals surface area contributed by atoms with Gasteiger partial charge in [0.15, 0.2) is 5.82 Å². The van der Waals surface area contributed by atoms with Gasteiger partial charge in [0.25, 0.3) is 0 Å². The lowest BCUT2D eigenvalue weighted by atomic mass is 10.3. The molecule has 2 aromatic heterocycles. The van der Waals surface area contributed by atoms with E-state index in [1.54, 1.807) is 47.4 Å². The van der Waals surface area contributed by atoms with Gasteiger partial charge < -0.3 is 10.1 Å². The highest BCUT2D eigenvalue weighted by Gasteiger charge is 2.13. The summed E-state index contributed by atoms with van der Waals surface area (Å²) in [7, 11) is -3.63. The number of nitrogens with zero attached hydrogens (tertiary/aromatic N) is 4. The summed E-state index contributed by atoms with van der Waals surface area (Å²) >= 11 is 0. The fourth-order valence-electron chi connectivity index (χ4n) is 2.72. The topological polar surface area (TPSA) is 111 Å². The average Bonchev–Trinajstić information content (AvgIpc) is 3.33. The minimum absolute atomic E-state index is 0.163. The minimum Gasteiger partial charge on any atom is -0.457 e. The van der Waals surface area contributed by atoms with Crippen molar-refractivity contribution >= 4 is 15.8 Å². The molecule has 0 bridgehead atoms. The van der Waals surface area contributed by atoms with Crippen molar-refractivity contribution in [2.45, 2.75) is 4.90 Å². The van der Waals surface area contributed by atoms with Gasteiger partial charge in [0.05, 0.1) is 4.90 Å². The first-order valence-corrected chi connectivity index (χ1v) is 11.0. The predicted molar refractivity (Wildman–Crippen MR) is 116 cm³/mol. The molecule has 2 aromatic carbocycles. The second-order valence-electron chi connectivity index (χ2n) is 6.44. The Morgan fingerprint density at radius 2 is 1.61 bits per heavy atom. The largest absolute Gasteiger partial charge is 0.457 e. The standard InChI is InChI=1S/C21H20N6O3S/c28-31(29,19-9-7-18(8-10-19)30-17-5-2-1-3-6-17)24-15-14-22-20-11-12-21(26-25-20)27-16-4-13-23-27/h1-13,16,24H,14-15H2,(H,22,25). The molecule has 9 nitrogen and oxygen atoms in total. The maximum atomic E-state index is 12.5. The Labute approximate surface area is 179 Å². The Balaban J connectivity index is 1.27. The van der Waals surface area contributed by atoms with Gasteiger partial charge in [-0.15, -0.1) is 10.2 Å². The van der Waals surface area contributed by atoms with E-state index in [1.165, 1.54) is 12.1 Å². The van der Waals surface area contributed by atoms with Crippen molar-refractivity contribution in [3.05, 3.63) is 85.2 Å². The molecule has 4 rings (SSSR count). The number of anilines is 1. The van der Waals surface area contributed by atoms with Gasteiger partial charge in [0.1, 0.15) is 17.3 Å². The van der Waals surface area contributed by atoms with E-state index in [1.807, 2.05) is 30.3 Å². The van der Waals surface area contributed by atoms with E-state index in [0.717, 1.165) is 0 Å². The molecule has 0 amide bonds. The van der Waals surface area contributed by atoms with Crippen LogP contribution in [0.2, 0.25) is 0 Å². The smallest absolute Gasteiger partial charge is 0.240 e. The van der Waals surface area contributed by atoms with E-state index >= 15 is 0 Å². The highest BCUT2D eigenvalue weighted by molar-refractivity contribution is 7.89. The van der Waals surface area contributed by atoms with Gasteiger partial charge in [-0.25, -0.2) is 17.8 Å². The highest BCUT2D eigenvalue weighted by Crippen LogP contribution is 2.22. The molecule has 0 radical (unpaired) electrons. The van der Waals surface area contributed by atoms with Crippen molar-refractivity contribution in [2.75, 3.05) is 18.4 Å². The Morgan fingerprint density at radius 3 is 2.29 bits per heavy atom. The number of hydrogen-bond acceptors (Lipinski definition) is 7. The number of sulfonamides is 1. The molecule has 0 saturated heterocycles. The van der Waals surface area contributed by atoms with Gasteiger partial charge in [-0.2, -0.15) is 5.10 Å². The lowest BCUT2D eigenvalue weighted by Gasteiger charge is -2.10. The Hall–Kier alpha value is -3.76. The molecule has 0 fully saturated rings. The van der Waals surface area contributed by atoms with Crippen LogP contribution in [0.25, 0.3) is 5.82 Å². The van der Waals surface area contributed by atoms with Crippen LogP contribution in [0.4, 0.5) is 5.82 Å². The Morgan fingerprint density at radius 1 is 0.839 bits per heavy atom. The summed E-state index contributed by atoms with van der Waals surface area (Å²) in [6.45, 7) is 0.539. The number of benzene rings is 2. The summed E-state index contributed by atoms with van der Waals surface area (Å²) in [4.78, 5) is 0.163. The second-order valence-corrected chi connectivity index (χ2v) is 8.21. The Bertz CT molecular complexity index is 1200. The second kappa shape index (κ2) is 9.37. The summed E-state index contributed by atoms with van der Waals surface area (Å²) in [5.41, 5.74) is 0. The van der Waals surface area contributed by atoms with Crippen LogP contribution in [0, 0.1) is 0 Å². The fourth-order valence-corrected chi connectivity index (χ4v) is 3.75. The molecule has 158 valence electrons. The normalized spacial score (nSPS) is 11.2. The van der Waals surface area contributed by atoms with Crippen molar-refractivity contribution < 1.29 is 13.2 Å². The van der Waals surface area contributed by atoms with Crippen LogP contribution < -0.4 is 14.8 Å². The van der Waals surface area contributed by atoms with E-state index in [9.17, 15) is 8.42 Å². The van der Waals surface area contributed by atoms with E-state index in [2.05, 4.69) is 25.3 Å². The van der Waals surface area contributed by atoms with Crippen LogP contribution in [0.1, 0.15) is 0 Å². The van der Waals surface area contributed by atoms with Gasteiger partial charge in [0.2, 0.25) is 10.0 Å². The lowest BCUT2D eigenvalue weighted by molar-refractivity contribution is 0.482. The van der Waals surface area contributed by atoms with Gasteiger partial charge in [-0.3, -0.25) is 0 Å². The Kier molecular flexibility index (Phi) is 6.20. The highest BCUT2D eigenvalue weighted by atomic mass is 32.2. The van der Waals surface area contributed by atoms with Gasteiger partial charge >= 0.3 is 0 Å². The molecular weight excluding hydrogens is 416 g/mol. The zero-order chi connectivity index (χ0) is 21.5. The molecule has 4 aromatic rings. The van der Waals surface area contributed by atoms with E-state index in [4.69, 9.17) is 4.74 Å². The van der Waals surface area contributed by atoms with Crippen LogP contribution in [0.5, 0.6) is 11.5 Å². The third kappa shape index (κ3) is 5.44. The van der Waals surface area contributed by atoms with Crippen molar-refractivity contribution in [3.63, 3.8) is 0 Å². The third-order valence-electron chi connectivity index (χ3n) is 4.23. The molecule has 31 heavy (non-hydrogen) atoms. The first-order chi connectivity index (χ1) is 15.1. The number of nitrogens with one attached hydrogen (secondary N) is 2. The van der Waals surface area contributed by atoms with Crippen molar-refractivity contribution in [3.8, 4) is 17.3 Å². The summed E-state index contributed by atoms with van der Waals surface area (Å²) in [5.74, 6) is 2.38. The van der Waals surface area contributed by atoms with Crippen molar-refractivity contribution in [1.29, 1.82) is 0 Å². The molecule has 0 aliphatic carbocycles. The number of para-hydroxylation sites is 1. The fraction of sp³-hybridized carbons (Fsp3) is 0.0952. The molecule has 0 spiro atoms. The van der Waals surface area contributed by atoms with E-state index in [-0.39, 0.29) is 11.4 Å². The SMILES string of the molecule is O=S(=O)(NCCNc1ccc(-n2cccn2)nn1)c1ccc(Oc2ccccc2)cc1. The van der Waals surface area contributed by atoms with Gasteiger partial charge in [0, 0.05) is 25.5 Å². The first kappa shape index (κ1) is 20.5. The van der Waals surface area contributed by atoms with Crippen LogP contribution >= 0.6 is 0 Å². The average molecular weight is 436 g/mol. The van der Waals surface area contributed by atoms with Crippen LogP contribution in [0.15, 0.2) is 90.1 Å². The van der Waals surface area contributed by atoms with Crippen LogP contribution in [0.3, 0.4) is 0 Å². The maximum Gasteiger partial charge on any atom is 0.240 e. The summed E-state index contributed by atoms with van der Waals surface area (Å²) < 4.78 is 34.8. The van der Waals surface area contributed by atoms with Crippen molar-refractivity contribution in [2.24, 2.45) is 0 Å². The maximum absolute atomic E-state index is 12.5. The molecule has 2 N–H and O–H groups in total. The van der Waals surface area contributed by atoms with Crippen LogP contribution in [-0.4, -0.2) is 41.5 Å². The molecule has 0 unspecified atom stereocenters. The minimum atomic E-state index is -3.63. The summed E-state index contributed by atoms with van der Waals surface area (Å²) in [5, 5.41) is 15.2. The zero-order valence-electron chi connectivity index (χ0n) is 16.4. The quantitative estimate of drug-likeness (QED) is 0.388. The number of aromatic nitrogens is 4. The van der Waals surface area contributed by atoms with Crippen LogP contribution in [-0.2, 0) is 10.0 Å². The van der Waals surface area contributed by atoms with Crippen molar-refractivity contribution in [1.82, 2.24) is 24.7 Å². The third-order valence-corrected chi connectivity index (χ3v) is 5.70. The van der Waals surface area contributed by atoms with E-state index < -0.39 is 10.0 Å². The molecule has 10 heteroatoms. The first-order valence-electron chi connectivity index (χ1n) is 9.50. The zero-order valence-corrected chi connectivity index (χ0v) is 17.2. The molecule has 0 saturated carbocycles. The number of hydrogen-bond donors (Lipinski definition) is 2. The molecule has 0 aliphatic rings. The summed E-state index contributed by atoms with van der Waals surface area (Å²) in [6.07, 6.45) is 3.43. The predicted octanol–water partition coefficient (Wildman–Crippen LogP) is 2.85. The molecular formula is C21H20N6O3S. The van der Waals surface area contributed by atoms with E-state index in [0.29, 0.717) is 29.7 Å². The molecule has 2 heterocycles. The summed E-state index contributed by atoms with van der Waals surface area (Å²) in [6, 6.07) is 20.9. The molecule has 0 aliphatic heterocycles. The monoisotopic (exact) mass is 436 g/mol. The molecule has 0 atom stereocenters. The lowest BCUT2D eigenvalue weighted by Crippen LogP contribution is -2.29. The number of rotatable bonds is 9. The van der Waals surface area contributed by atoms with Gasteiger partial charge in [-0.05, 0) is 54.6 Å². The van der Waals surface area contributed by atoms with Gasteiger partial charge in [-0.1, -0.05) is 18.2 Å². The number of ether oxygens (including phenoxy) is 1.